The number of rotatable bonds is 7. The number of carbonyl (C=O) groups excluding carboxylic acids is 3. The second-order valence-corrected chi connectivity index (χ2v) is 12.0. The number of nitrogens with one attached hydrogen (secondary N) is 4. The zero-order valence-electron chi connectivity index (χ0n) is 25.5. The number of imidazole rings is 1. The van der Waals surface area contributed by atoms with E-state index in [1.807, 2.05) is 4.90 Å². The molecule has 2 aliphatic heterocycles. The number of hydrogen-bond acceptors (Lipinski definition) is 8. The molecule has 2 aliphatic rings. The van der Waals surface area contributed by atoms with E-state index in [1.165, 1.54) is 18.3 Å². The number of nitrogens with two attached hydrogens (primary N) is 1. The molecule has 0 atom stereocenters. The smallest absolute Gasteiger partial charge is 0.397 e. The number of nitrogen functional groups attached to an aromatic ring is 1. The van der Waals surface area contributed by atoms with Crippen LogP contribution in [0, 0.1) is 5.92 Å². The van der Waals surface area contributed by atoms with Gasteiger partial charge in [0.25, 0.3) is 11.8 Å². The van der Waals surface area contributed by atoms with Gasteiger partial charge in [-0.1, -0.05) is 17.7 Å². The third-order valence-corrected chi connectivity index (χ3v) is 8.73. The van der Waals surface area contributed by atoms with Gasteiger partial charge in [0.05, 0.1) is 51.3 Å². The molecule has 0 aliphatic carbocycles. The van der Waals surface area contributed by atoms with E-state index in [2.05, 4.69) is 35.8 Å². The number of halogens is 4. The number of likely N-dealkylation sites (tertiary alicyclic amines) is 1. The van der Waals surface area contributed by atoms with Crippen LogP contribution < -0.4 is 16.4 Å². The molecule has 2 fully saturated rings. The van der Waals surface area contributed by atoms with E-state index in [0.717, 1.165) is 19.3 Å². The highest BCUT2D eigenvalue weighted by Gasteiger charge is 2.39. The molecule has 6 N–H and O–H groups in total. The molecule has 2 saturated heterocycles. The van der Waals surface area contributed by atoms with Gasteiger partial charge in [-0.2, -0.15) is 18.3 Å². The summed E-state index contributed by atoms with van der Waals surface area (Å²) in [5.74, 6) is -1.11. The lowest BCUT2D eigenvalue weighted by Gasteiger charge is -2.35. The van der Waals surface area contributed by atoms with Crippen LogP contribution in [-0.2, 0) is 17.5 Å². The van der Waals surface area contributed by atoms with Crippen LogP contribution in [0.3, 0.4) is 0 Å². The fraction of sp³-hybridized carbons (Fsp3) is 0.355. The van der Waals surface area contributed by atoms with E-state index in [0.29, 0.717) is 55.8 Å². The first-order valence-electron chi connectivity index (χ1n) is 15.3. The van der Waals surface area contributed by atoms with E-state index < -0.39 is 17.8 Å². The topological polar surface area (TPSA) is 178 Å². The maximum Gasteiger partial charge on any atom is 0.435 e. The first kappa shape index (κ1) is 33.0. The molecule has 17 heteroatoms. The Bertz CT molecular complexity index is 1810. The highest BCUT2D eigenvalue weighted by molar-refractivity contribution is 6.33. The van der Waals surface area contributed by atoms with E-state index in [-0.39, 0.29) is 57.8 Å². The lowest BCUT2D eigenvalue weighted by Crippen LogP contribution is -2.50. The summed E-state index contributed by atoms with van der Waals surface area (Å²) in [4.78, 5) is 53.3. The van der Waals surface area contributed by atoms with Crippen molar-refractivity contribution in [3.63, 3.8) is 0 Å². The van der Waals surface area contributed by atoms with Gasteiger partial charge in [0.1, 0.15) is 0 Å². The summed E-state index contributed by atoms with van der Waals surface area (Å²) < 4.78 is 41.5. The number of piperidine rings is 1. The van der Waals surface area contributed by atoms with Crippen molar-refractivity contribution < 1.29 is 27.6 Å². The molecule has 0 radical (unpaired) electrons. The zero-order valence-corrected chi connectivity index (χ0v) is 26.3. The highest BCUT2D eigenvalue weighted by atomic mass is 35.5. The number of anilines is 1. The van der Waals surface area contributed by atoms with Gasteiger partial charge >= 0.3 is 6.18 Å². The van der Waals surface area contributed by atoms with Crippen molar-refractivity contribution in [1.29, 1.82) is 0 Å². The summed E-state index contributed by atoms with van der Waals surface area (Å²) in [5, 5.41) is 11.9. The van der Waals surface area contributed by atoms with Gasteiger partial charge in [0.2, 0.25) is 5.91 Å². The number of pyridine rings is 1. The minimum absolute atomic E-state index is 0.00268. The Labute approximate surface area is 277 Å². The van der Waals surface area contributed by atoms with Crippen LogP contribution in [0.25, 0.3) is 22.6 Å². The van der Waals surface area contributed by atoms with Gasteiger partial charge in [-0.15, -0.1) is 0 Å². The SMILES string of the molecule is Nc1ccc(-c2[nH]nc(C(F)(F)F)c2-c2cnc(C(=O)NCc3ccc(C(=O)N4CCC(C(=O)N5CCNCC5)CC4)c(Cl)c3)[nH]2)nc1. The summed E-state index contributed by atoms with van der Waals surface area (Å²) >= 11 is 6.48. The monoisotopic (exact) mass is 684 g/mol. The number of nitrogens with zero attached hydrogens (tertiary/aromatic N) is 5. The van der Waals surface area contributed by atoms with Gasteiger partial charge in [-0.3, -0.25) is 24.5 Å². The Morgan fingerprint density at radius 3 is 2.42 bits per heavy atom. The minimum Gasteiger partial charge on any atom is -0.397 e. The predicted molar refractivity (Wildman–Crippen MR) is 170 cm³/mol. The predicted octanol–water partition coefficient (Wildman–Crippen LogP) is 3.33. The third-order valence-electron chi connectivity index (χ3n) is 8.41. The molecule has 3 amide bonds. The molecule has 13 nitrogen and oxygen atoms in total. The van der Waals surface area contributed by atoms with Crippen molar-refractivity contribution in [2.24, 2.45) is 5.92 Å². The van der Waals surface area contributed by atoms with Crippen LogP contribution in [0.5, 0.6) is 0 Å². The Balaban J connectivity index is 1.08. The minimum atomic E-state index is -4.81. The Morgan fingerprint density at radius 1 is 1.00 bits per heavy atom. The fourth-order valence-electron chi connectivity index (χ4n) is 5.86. The summed E-state index contributed by atoms with van der Waals surface area (Å²) in [6.45, 7) is 3.86. The van der Waals surface area contributed by atoms with Crippen molar-refractivity contribution in [3.05, 3.63) is 70.4 Å². The first-order valence-corrected chi connectivity index (χ1v) is 15.7. The van der Waals surface area contributed by atoms with E-state index in [9.17, 15) is 27.6 Å². The Kier molecular flexibility index (Phi) is 9.37. The van der Waals surface area contributed by atoms with Crippen molar-refractivity contribution in [3.8, 4) is 22.6 Å². The first-order chi connectivity index (χ1) is 23.0. The highest BCUT2D eigenvalue weighted by Crippen LogP contribution is 2.40. The van der Waals surface area contributed by atoms with Crippen LogP contribution in [0.15, 0.2) is 42.7 Å². The lowest BCUT2D eigenvalue weighted by molar-refractivity contribution is -0.140. The van der Waals surface area contributed by atoms with Crippen LogP contribution in [0.1, 0.15) is 45.1 Å². The second kappa shape index (κ2) is 13.6. The maximum atomic E-state index is 13.8. The molecule has 0 unspecified atom stereocenters. The molecule has 48 heavy (non-hydrogen) atoms. The molecule has 1 aromatic carbocycles. The number of amides is 3. The van der Waals surface area contributed by atoms with Gasteiger partial charge in [0, 0.05) is 51.7 Å². The second-order valence-electron chi connectivity index (χ2n) is 11.6. The van der Waals surface area contributed by atoms with Gasteiger partial charge in [-0.25, -0.2) is 4.98 Å². The summed E-state index contributed by atoms with van der Waals surface area (Å²) in [6.07, 6.45) is -1.23. The van der Waals surface area contributed by atoms with Gasteiger partial charge in [0.15, 0.2) is 11.5 Å². The van der Waals surface area contributed by atoms with Crippen LogP contribution >= 0.6 is 11.6 Å². The number of carbonyl (C=O) groups is 3. The summed E-state index contributed by atoms with van der Waals surface area (Å²) in [5.41, 5.74) is 5.35. The number of alkyl halides is 3. The molecule has 5 heterocycles. The molecule has 4 aromatic rings. The Morgan fingerprint density at radius 2 is 1.75 bits per heavy atom. The number of aromatic amines is 2. The van der Waals surface area contributed by atoms with E-state index in [4.69, 9.17) is 17.3 Å². The van der Waals surface area contributed by atoms with Gasteiger partial charge < -0.3 is 31.2 Å². The summed E-state index contributed by atoms with van der Waals surface area (Å²) in [7, 11) is 0. The molecular weight excluding hydrogens is 653 g/mol. The van der Waals surface area contributed by atoms with Crippen molar-refractivity contribution in [2.75, 3.05) is 45.0 Å². The molecular formula is C31H32ClF3N10O3. The molecule has 3 aromatic heterocycles. The Hall–Kier alpha value is -4.96. The number of piperazine rings is 1. The maximum absolute atomic E-state index is 13.8. The largest absolute Gasteiger partial charge is 0.435 e. The average Bonchev–Trinajstić information content (AvgIpc) is 3.76. The van der Waals surface area contributed by atoms with Gasteiger partial charge in [-0.05, 0) is 42.7 Å². The molecule has 252 valence electrons. The summed E-state index contributed by atoms with van der Waals surface area (Å²) in [6, 6.07) is 7.73. The standard InChI is InChI=1S/C31H32ClF3N10O3/c32-21-13-17(1-3-20(21)30(48)44-9-5-18(6-10-44)29(47)45-11-7-37-8-12-45)14-40-28(46)27-39-16-23(41-27)24-25(22-4-2-19(36)15-38-22)42-43-26(24)31(33,34)35/h1-4,13,15-16,18,37H,5-12,14,36H2,(H,39,41)(H,40,46)(H,42,43). The number of aromatic nitrogens is 5. The normalized spacial score (nSPS) is 15.8. The van der Waals surface area contributed by atoms with Crippen LogP contribution in [0.4, 0.5) is 18.9 Å². The average molecular weight is 685 g/mol. The van der Waals surface area contributed by atoms with E-state index in [1.54, 1.807) is 23.1 Å². The zero-order chi connectivity index (χ0) is 34.0. The third kappa shape index (κ3) is 6.99. The molecule has 0 spiro atoms. The fourth-order valence-corrected chi connectivity index (χ4v) is 6.15. The molecule has 0 bridgehead atoms. The van der Waals surface area contributed by atoms with Crippen molar-refractivity contribution in [2.45, 2.75) is 25.6 Å². The number of hydrogen-bond donors (Lipinski definition) is 5. The number of benzene rings is 1. The number of H-pyrrole nitrogens is 2. The molecule has 0 saturated carbocycles. The molecule has 6 rings (SSSR count). The van der Waals surface area contributed by atoms with Crippen molar-refractivity contribution >= 4 is 35.0 Å². The van der Waals surface area contributed by atoms with Crippen LogP contribution in [0.2, 0.25) is 5.02 Å². The quantitative estimate of drug-likeness (QED) is 0.197. The van der Waals surface area contributed by atoms with E-state index >= 15 is 0 Å². The van der Waals surface area contributed by atoms with Crippen LogP contribution in [-0.4, -0.2) is 91.9 Å². The lowest BCUT2D eigenvalue weighted by atomic mass is 9.94. The van der Waals surface area contributed by atoms with Crippen molar-refractivity contribution in [1.82, 2.24) is 45.6 Å².